The smallest absolute Gasteiger partial charge is 0.336 e. The predicted molar refractivity (Wildman–Crippen MR) is 124 cm³/mol. The lowest BCUT2D eigenvalue weighted by atomic mass is 9.97. The molecule has 3 aromatic carbocycles. The van der Waals surface area contributed by atoms with Gasteiger partial charge in [-0.2, -0.15) is 13.2 Å². The Morgan fingerprint density at radius 3 is 2.12 bits per heavy atom. The van der Waals surface area contributed by atoms with Crippen LogP contribution >= 0.6 is 0 Å². The zero-order valence-corrected chi connectivity index (χ0v) is 18.8. The predicted octanol–water partition coefficient (Wildman–Crippen LogP) is 5.20. The number of halogens is 3. The van der Waals surface area contributed by atoms with Gasteiger partial charge in [-0.15, -0.1) is 0 Å². The fourth-order valence-corrected chi connectivity index (χ4v) is 4.11. The first kappa shape index (κ1) is 23.7. The summed E-state index contributed by atoms with van der Waals surface area (Å²) in [4.78, 5) is 30.0. The van der Waals surface area contributed by atoms with Crippen LogP contribution in [0.15, 0.2) is 72.8 Å². The van der Waals surface area contributed by atoms with Gasteiger partial charge in [0.1, 0.15) is 0 Å². The molecule has 0 N–H and O–H groups in total. The van der Waals surface area contributed by atoms with E-state index in [1.165, 1.54) is 12.1 Å². The lowest BCUT2D eigenvalue weighted by molar-refractivity contribution is -0.137. The molecule has 0 aliphatic carbocycles. The molecule has 1 amide bonds. The number of alkyl halides is 3. The first-order valence-electron chi connectivity index (χ1n) is 11.1. The summed E-state index contributed by atoms with van der Waals surface area (Å²) in [5, 5.41) is 0. The van der Waals surface area contributed by atoms with Crippen molar-refractivity contribution in [1.29, 1.82) is 0 Å². The van der Waals surface area contributed by atoms with Crippen molar-refractivity contribution in [2.75, 3.05) is 26.2 Å². The summed E-state index contributed by atoms with van der Waals surface area (Å²) in [6.07, 6.45) is -4.37. The fourth-order valence-electron chi connectivity index (χ4n) is 4.11. The van der Waals surface area contributed by atoms with Gasteiger partial charge in [0.15, 0.2) is 5.78 Å². The number of benzene rings is 3. The van der Waals surface area contributed by atoms with Gasteiger partial charge >= 0.3 is 6.18 Å². The number of piperazine rings is 1. The third kappa shape index (κ3) is 5.37. The van der Waals surface area contributed by atoms with E-state index < -0.39 is 11.7 Å². The standard InChI is InChI=1S/C27H25F3N2O2/c1-19-9-11-21(12-10-19)25(33)23-7-2-3-8-24(23)26(34)32-15-13-31(14-16-32)18-20-5-4-6-22(17-20)27(28,29)30/h2-12,17H,13-16,18H2,1H3. The van der Waals surface area contributed by atoms with Gasteiger partial charge in [0.25, 0.3) is 5.91 Å². The highest BCUT2D eigenvalue weighted by atomic mass is 19.4. The highest BCUT2D eigenvalue weighted by Crippen LogP contribution is 2.30. The van der Waals surface area contributed by atoms with Crippen LogP contribution in [0.1, 0.15) is 43.0 Å². The quantitative estimate of drug-likeness (QED) is 0.485. The average molecular weight is 467 g/mol. The lowest BCUT2D eigenvalue weighted by Crippen LogP contribution is -2.48. The minimum absolute atomic E-state index is 0.202. The van der Waals surface area contributed by atoms with Gasteiger partial charge in [0, 0.05) is 43.9 Å². The molecule has 0 bridgehead atoms. The van der Waals surface area contributed by atoms with Gasteiger partial charge in [-0.25, -0.2) is 0 Å². The molecule has 4 rings (SSSR count). The first-order valence-corrected chi connectivity index (χ1v) is 11.1. The Bertz CT molecular complexity index is 1180. The summed E-state index contributed by atoms with van der Waals surface area (Å²) in [5.41, 5.74) is 2.22. The van der Waals surface area contributed by atoms with Crippen LogP contribution in [0.25, 0.3) is 0 Å². The number of hydrogen-bond donors (Lipinski definition) is 0. The molecule has 34 heavy (non-hydrogen) atoms. The number of nitrogens with zero attached hydrogens (tertiary/aromatic N) is 2. The molecule has 3 aromatic rings. The van der Waals surface area contributed by atoms with E-state index in [1.54, 1.807) is 47.4 Å². The number of hydrogen-bond acceptors (Lipinski definition) is 3. The van der Waals surface area contributed by atoms with Gasteiger partial charge in [-0.05, 0) is 24.6 Å². The SMILES string of the molecule is Cc1ccc(C(=O)c2ccccc2C(=O)N2CCN(Cc3cccc(C(F)(F)F)c3)CC2)cc1. The Kier molecular flexibility index (Phi) is 6.84. The average Bonchev–Trinajstić information content (AvgIpc) is 2.84. The minimum Gasteiger partial charge on any atom is -0.336 e. The number of amides is 1. The molecule has 1 aliphatic rings. The van der Waals surface area contributed by atoms with Crippen molar-refractivity contribution in [3.05, 3.63) is 106 Å². The lowest BCUT2D eigenvalue weighted by Gasteiger charge is -2.35. The fraction of sp³-hybridized carbons (Fsp3) is 0.259. The van der Waals surface area contributed by atoms with Crippen LogP contribution < -0.4 is 0 Å². The Morgan fingerprint density at radius 2 is 1.47 bits per heavy atom. The van der Waals surface area contributed by atoms with E-state index in [-0.39, 0.29) is 11.7 Å². The first-order chi connectivity index (χ1) is 16.2. The van der Waals surface area contributed by atoms with E-state index in [0.717, 1.165) is 11.6 Å². The summed E-state index contributed by atoms with van der Waals surface area (Å²) in [7, 11) is 0. The molecule has 0 radical (unpaired) electrons. The largest absolute Gasteiger partial charge is 0.416 e. The van der Waals surface area contributed by atoms with Crippen molar-refractivity contribution >= 4 is 11.7 Å². The third-order valence-corrected chi connectivity index (χ3v) is 6.04. The molecule has 0 saturated carbocycles. The minimum atomic E-state index is -4.37. The van der Waals surface area contributed by atoms with E-state index in [2.05, 4.69) is 0 Å². The highest BCUT2D eigenvalue weighted by molar-refractivity contribution is 6.15. The summed E-state index contributed by atoms with van der Waals surface area (Å²) in [5.74, 6) is -0.415. The second-order valence-electron chi connectivity index (χ2n) is 8.51. The van der Waals surface area contributed by atoms with E-state index in [0.29, 0.717) is 55.0 Å². The van der Waals surface area contributed by atoms with E-state index >= 15 is 0 Å². The van der Waals surface area contributed by atoms with Crippen molar-refractivity contribution in [2.45, 2.75) is 19.6 Å². The van der Waals surface area contributed by atoms with Gasteiger partial charge in [0.05, 0.1) is 11.1 Å². The third-order valence-electron chi connectivity index (χ3n) is 6.04. The molecular formula is C27H25F3N2O2. The second-order valence-corrected chi connectivity index (χ2v) is 8.51. The summed E-state index contributed by atoms with van der Waals surface area (Å²) < 4.78 is 38.9. The van der Waals surface area contributed by atoms with Crippen molar-refractivity contribution in [3.63, 3.8) is 0 Å². The zero-order chi connectivity index (χ0) is 24.3. The topological polar surface area (TPSA) is 40.6 Å². The molecule has 0 aromatic heterocycles. The maximum absolute atomic E-state index is 13.3. The maximum Gasteiger partial charge on any atom is 0.416 e. The second kappa shape index (κ2) is 9.81. The number of ketones is 1. The van der Waals surface area contributed by atoms with Crippen LogP contribution in [-0.4, -0.2) is 47.7 Å². The van der Waals surface area contributed by atoms with Gasteiger partial charge in [-0.1, -0.05) is 66.2 Å². The van der Waals surface area contributed by atoms with Crippen molar-refractivity contribution in [1.82, 2.24) is 9.80 Å². The van der Waals surface area contributed by atoms with Crippen LogP contribution in [0, 0.1) is 6.92 Å². The Hall–Kier alpha value is -3.45. The molecule has 7 heteroatoms. The molecule has 0 spiro atoms. The molecule has 1 fully saturated rings. The Labute approximate surface area is 196 Å². The van der Waals surface area contributed by atoms with Crippen LogP contribution in [0.5, 0.6) is 0 Å². The van der Waals surface area contributed by atoms with Gasteiger partial charge in [-0.3, -0.25) is 14.5 Å². The van der Waals surface area contributed by atoms with Gasteiger partial charge < -0.3 is 4.90 Å². The summed E-state index contributed by atoms with van der Waals surface area (Å²) >= 11 is 0. The molecule has 0 unspecified atom stereocenters. The normalized spacial score (nSPS) is 14.8. The Balaban J connectivity index is 1.42. The number of carbonyl (C=O) groups is 2. The van der Waals surface area contributed by atoms with Crippen LogP contribution in [0.3, 0.4) is 0 Å². The Morgan fingerprint density at radius 1 is 0.824 bits per heavy atom. The number of carbonyl (C=O) groups excluding carboxylic acids is 2. The van der Waals surface area contributed by atoms with Gasteiger partial charge in [0.2, 0.25) is 0 Å². The summed E-state index contributed by atoms with van der Waals surface area (Å²) in [6.45, 7) is 4.27. The maximum atomic E-state index is 13.3. The van der Waals surface area contributed by atoms with Crippen molar-refractivity contribution in [3.8, 4) is 0 Å². The zero-order valence-electron chi connectivity index (χ0n) is 18.8. The van der Waals surface area contributed by atoms with Crippen LogP contribution in [0.2, 0.25) is 0 Å². The monoisotopic (exact) mass is 466 g/mol. The molecule has 176 valence electrons. The molecule has 0 atom stereocenters. The van der Waals surface area contributed by atoms with Crippen LogP contribution in [-0.2, 0) is 12.7 Å². The molecule has 1 aliphatic heterocycles. The van der Waals surface area contributed by atoms with E-state index in [4.69, 9.17) is 0 Å². The highest BCUT2D eigenvalue weighted by Gasteiger charge is 2.31. The summed E-state index contributed by atoms with van der Waals surface area (Å²) in [6, 6.07) is 19.4. The molecule has 4 nitrogen and oxygen atoms in total. The van der Waals surface area contributed by atoms with E-state index in [9.17, 15) is 22.8 Å². The van der Waals surface area contributed by atoms with E-state index in [1.807, 2.05) is 24.0 Å². The van der Waals surface area contributed by atoms with Crippen molar-refractivity contribution < 1.29 is 22.8 Å². The van der Waals surface area contributed by atoms with Crippen molar-refractivity contribution in [2.24, 2.45) is 0 Å². The molecule has 1 saturated heterocycles. The van der Waals surface area contributed by atoms with Crippen LogP contribution in [0.4, 0.5) is 13.2 Å². The molecular weight excluding hydrogens is 441 g/mol. The molecule has 1 heterocycles. The number of rotatable bonds is 5. The number of aryl methyl sites for hydroxylation is 1.